The topological polar surface area (TPSA) is 0 Å². The number of benzene rings is 2. The predicted octanol–water partition coefficient (Wildman–Crippen LogP) is 5.45. The zero-order valence-corrected chi connectivity index (χ0v) is 12.0. The molecule has 0 aliphatic heterocycles. The molecule has 0 heterocycles. The maximum Gasteiger partial charge on any atom is -0.0133 e. The van der Waals surface area contributed by atoms with E-state index in [1.54, 1.807) is 0 Å². The summed E-state index contributed by atoms with van der Waals surface area (Å²) in [7, 11) is 0. The molecule has 0 fully saturated rings. The summed E-state index contributed by atoms with van der Waals surface area (Å²) in [4.78, 5) is 0. The van der Waals surface area contributed by atoms with Gasteiger partial charge in [-0.3, -0.25) is 0 Å². The first-order valence-corrected chi connectivity index (χ1v) is 7.40. The third kappa shape index (κ3) is 3.96. The summed E-state index contributed by atoms with van der Waals surface area (Å²) in [5.74, 6) is 1.36. The minimum atomic E-state index is 0.673. The fourth-order valence-electron chi connectivity index (χ4n) is 2.92. The highest BCUT2D eigenvalue weighted by atomic mass is 14.2. The Morgan fingerprint density at radius 1 is 0.842 bits per heavy atom. The number of rotatable bonds is 6. The van der Waals surface area contributed by atoms with Crippen molar-refractivity contribution in [2.45, 2.75) is 39.0 Å². The van der Waals surface area contributed by atoms with Crippen LogP contribution in [-0.2, 0) is 6.42 Å². The molecule has 2 atom stereocenters. The van der Waals surface area contributed by atoms with Gasteiger partial charge in [0.1, 0.15) is 0 Å². The van der Waals surface area contributed by atoms with Crippen LogP contribution in [0.25, 0.3) is 0 Å². The van der Waals surface area contributed by atoms with E-state index in [0.29, 0.717) is 11.8 Å². The molecule has 2 aromatic carbocycles. The lowest BCUT2D eigenvalue weighted by Crippen LogP contribution is -2.12. The van der Waals surface area contributed by atoms with E-state index in [1.165, 1.54) is 30.4 Å². The van der Waals surface area contributed by atoms with Gasteiger partial charge in [0, 0.05) is 0 Å². The molecule has 2 aromatic rings. The van der Waals surface area contributed by atoms with Crippen LogP contribution in [0.5, 0.6) is 0 Å². The summed E-state index contributed by atoms with van der Waals surface area (Å²) in [5, 5.41) is 0. The van der Waals surface area contributed by atoms with Crippen LogP contribution < -0.4 is 0 Å². The normalized spacial score (nSPS) is 14.0. The summed E-state index contributed by atoms with van der Waals surface area (Å²) in [6, 6.07) is 21.8. The summed E-state index contributed by atoms with van der Waals surface area (Å²) in [6.45, 7) is 4.67. The van der Waals surface area contributed by atoms with Crippen LogP contribution in [0.4, 0.5) is 0 Å². The second kappa shape index (κ2) is 7.13. The quantitative estimate of drug-likeness (QED) is 0.641. The van der Waals surface area contributed by atoms with Gasteiger partial charge in [-0.2, -0.15) is 0 Å². The smallest absolute Gasteiger partial charge is 0.0133 e. The molecule has 0 radical (unpaired) electrons. The van der Waals surface area contributed by atoms with E-state index >= 15 is 0 Å². The fourth-order valence-corrected chi connectivity index (χ4v) is 2.92. The van der Waals surface area contributed by atoms with Crippen molar-refractivity contribution in [3.05, 3.63) is 71.8 Å². The molecular weight excluding hydrogens is 228 g/mol. The van der Waals surface area contributed by atoms with Gasteiger partial charge in [-0.15, -0.1) is 0 Å². The predicted molar refractivity (Wildman–Crippen MR) is 83.4 cm³/mol. The zero-order chi connectivity index (χ0) is 13.5. The van der Waals surface area contributed by atoms with Crippen molar-refractivity contribution in [2.24, 2.45) is 5.92 Å². The third-order valence-electron chi connectivity index (χ3n) is 3.91. The largest absolute Gasteiger partial charge is 0.0654 e. The van der Waals surface area contributed by atoms with E-state index in [9.17, 15) is 0 Å². The van der Waals surface area contributed by atoms with Crippen molar-refractivity contribution >= 4 is 0 Å². The highest BCUT2D eigenvalue weighted by molar-refractivity contribution is 5.22. The molecule has 0 saturated heterocycles. The molecule has 0 saturated carbocycles. The number of hydrogen-bond acceptors (Lipinski definition) is 0. The highest BCUT2D eigenvalue weighted by Gasteiger charge is 2.18. The molecule has 0 amide bonds. The Kier molecular flexibility index (Phi) is 5.20. The van der Waals surface area contributed by atoms with Crippen molar-refractivity contribution < 1.29 is 0 Å². The molecule has 0 aliphatic rings. The van der Waals surface area contributed by atoms with Gasteiger partial charge < -0.3 is 0 Å². The Morgan fingerprint density at radius 3 is 2.00 bits per heavy atom. The maximum absolute atomic E-state index is 2.39. The van der Waals surface area contributed by atoms with Gasteiger partial charge in [0.05, 0.1) is 0 Å². The van der Waals surface area contributed by atoms with E-state index in [-0.39, 0.29) is 0 Å². The molecule has 2 unspecified atom stereocenters. The first kappa shape index (κ1) is 13.9. The zero-order valence-electron chi connectivity index (χ0n) is 12.0. The van der Waals surface area contributed by atoms with Crippen LogP contribution in [0.2, 0.25) is 0 Å². The van der Waals surface area contributed by atoms with Crippen LogP contribution in [0.15, 0.2) is 60.7 Å². The Bertz CT molecular complexity index is 458. The minimum Gasteiger partial charge on any atom is -0.0654 e. The third-order valence-corrected chi connectivity index (χ3v) is 3.91. The summed E-state index contributed by atoms with van der Waals surface area (Å²) < 4.78 is 0. The average molecular weight is 252 g/mol. The second-order valence-corrected chi connectivity index (χ2v) is 5.47. The minimum absolute atomic E-state index is 0.673. The number of hydrogen-bond donors (Lipinski definition) is 0. The molecule has 100 valence electrons. The van der Waals surface area contributed by atoms with Gasteiger partial charge in [0.15, 0.2) is 0 Å². The average Bonchev–Trinajstić information content (AvgIpc) is 2.46. The van der Waals surface area contributed by atoms with Gasteiger partial charge in [0.25, 0.3) is 0 Å². The standard InChI is InChI=1S/C19H24/c1-3-10-19(18-13-8-5-9-14-18)16(2)15-17-11-6-4-7-12-17/h4-9,11-14,16,19H,3,10,15H2,1-2H3. The van der Waals surface area contributed by atoms with Gasteiger partial charge >= 0.3 is 0 Å². The van der Waals surface area contributed by atoms with E-state index in [4.69, 9.17) is 0 Å². The molecule has 0 N–H and O–H groups in total. The lowest BCUT2D eigenvalue weighted by molar-refractivity contribution is 0.428. The Balaban J connectivity index is 2.11. The Hall–Kier alpha value is -1.56. The molecule has 19 heavy (non-hydrogen) atoms. The summed E-state index contributed by atoms with van der Waals surface area (Å²) >= 11 is 0. The molecule has 0 heteroatoms. The van der Waals surface area contributed by atoms with Gasteiger partial charge in [-0.1, -0.05) is 80.9 Å². The second-order valence-electron chi connectivity index (χ2n) is 5.47. The van der Waals surface area contributed by atoms with Gasteiger partial charge in [-0.05, 0) is 35.8 Å². The molecule has 0 spiro atoms. The SMILES string of the molecule is CCCC(c1ccccc1)C(C)Cc1ccccc1. The fraction of sp³-hybridized carbons (Fsp3) is 0.368. The summed E-state index contributed by atoms with van der Waals surface area (Å²) in [5.41, 5.74) is 2.94. The van der Waals surface area contributed by atoms with E-state index in [1.807, 2.05) is 0 Å². The van der Waals surface area contributed by atoms with Crippen LogP contribution in [-0.4, -0.2) is 0 Å². The molecule has 2 rings (SSSR count). The van der Waals surface area contributed by atoms with E-state index in [0.717, 1.165) is 0 Å². The van der Waals surface area contributed by atoms with Crippen molar-refractivity contribution in [3.8, 4) is 0 Å². The van der Waals surface area contributed by atoms with Crippen molar-refractivity contribution in [2.75, 3.05) is 0 Å². The maximum atomic E-state index is 2.39. The van der Waals surface area contributed by atoms with E-state index < -0.39 is 0 Å². The van der Waals surface area contributed by atoms with Crippen molar-refractivity contribution in [1.82, 2.24) is 0 Å². The molecule has 0 nitrogen and oxygen atoms in total. The Morgan fingerprint density at radius 2 is 1.42 bits per heavy atom. The molecule has 0 aromatic heterocycles. The lowest BCUT2D eigenvalue weighted by Gasteiger charge is -2.24. The van der Waals surface area contributed by atoms with Crippen LogP contribution in [0.1, 0.15) is 43.7 Å². The molecule has 0 aliphatic carbocycles. The first-order chi connectivity index (χ1) is 9.31. The lowest BCUT2D eigenvalue weighted by atomic mass is 9.81. The molecular formula is C19H24. The van der Waals surface area contributed by atoms with Crippen LogP contribution in [0, 0.1) is 5.92 Å². The Labute approximate surface area is 117 Å². The van der Waals surface area contributed by atoms with Gasteiger partial charge in [0.2, 0.25) is 0 Å². The van der Waals surface area contributed by atoms with E-state index in [2.05, 4.69) is 74.5 Å². The molecule has 0 bridgehead atoms. The monoisotopic (exact) mass is 252 g/mol. The van der Waals surface area contributed by atoms with Crippen molar-refractivity contribution in [1.29, 1.82) is 0 Å². The van der Waals surface area contributed by atoms with Crippen molar-refractivity contribution in [3.63, 3.8) is 0 Å². The first-order valence-electron chi connectivity index (χ1n) is 7.40. The van der Waals surface area contributed by atoms with Crippen LogP contribution >= 0.6 is 0 Å². The highest BCUT2D eigenvalue weighted by Crippen LogP contribution is 2.31. The summed E-state index contributed by atoms with van der Waals surface area (Å²) in [6.07, 6.45) is 3.69. The van der Waals surface area contributed by atoms with Gasteiger partial charge in [-0.25, -0.2) is 0 Å². The van der Waals surface area contributed by atoms with Crippen LogP contribution in [0.3, 0.4) is 0 Å².